The van der Waals surface area contributed by atoms with Crippen molar-refractivity contribution < 1.29 is 9.21 Å². The molecule has 1 aromatic carbocycles. The molecule has 6 nitrogen and oxygen atoms in total. The number of fused-ring (bicyclic) bond motifs is 1. The number of thioether (sulfide) groups is 1. The summed E-state index contributed by atoms with van der Waals surface area (Å²) in [5.41, 5.74) is 3.06. The van der Waals surface area contributed by atoms with Crippen molar-refractivity contribution in [1.82, 2.24) is 14.9 Å². The number of hydrogen-bond donors (Lipinski definition) is 1. The van der Waals surface area contributed by atoms with Gasteiger partial charge in [0.1, 0.15) is 10.8 Å². The van der Waals surface area contributed by atoms with Gasteiger partial charge in [0.05, 0.1) is 18.6 Å². The van der Waals surface area contributed by atoms with Crippen molar-refractivity contribution in [2.75, 3.05) is 12.3 Å². The molecule has 1 aliphatic carbocycles. The maximum absolute atomic E-state index is 12.7. The van der Waals surface area contributed by atoms with Gasteiger partial charge in [0.15, 0.2) is 0 Å². The Balaban J connectivity index is 1.40. The lowest BCUT2D eigenvalue weighted by Crippen LogP contribution is -2.31. The van der Waals surface area contributed by atoms with Crippen LogP contribution in [0.15, 0.2) is 63.0 Å². The van der Waals surface area contributed by atoms with Crippen LogP contribution in [0.2, 0.25) is 0 Å². The monoisotopic (exact) mass is 423 g/mol. The van der Waals surface area contributed by atoms with E-state index < -0.39 is 0 Å². The number of aromatic nitrogens is 2. The van der Waals surface area contributed by atoms with E-state index in [2.05, 4.69) is 22.4 Å². The van der Waals surface area contributed by atoms with Crippen LogP contribution in [0.3, 0.4) is 0 Å². The van der Waals surface area contributed by atoms with Gasteiger partial charge >= 0.3 is 5.69 Å². The fraction of sp³-hybridized carbons (Fsp3) is 0.348. The molecule has 0 atom stereocenters. The highest BCUT2D eigenvalue weighted by Gasteiger charge is 2.21. The topological polar surface area (TPSA) is 77.1 Å². The molecule has 156 valence electrons. The molecule has 0 unspecified atom stereocenters. The second kappa shape index (κ2) is 9.80. The van der Waals surface area contributed by atoms with Gasteiger partial charge in [-0.2, -0.15) is 4.98 Å². The summed E-state index contributed by atoms with van der Waals surface area (Å²) in [7, 11) is 0. The number of furan rings is 1. The second-order valence-electron chi connectivity index (χ2n) is 7.37. The van der Waals surface area contributed by atoms with Gasteiger partial charge < -0.3 is 9.73 Å². The molecule has 0 saturated carbocycles. The molecule has 0 fully saturated rings. The molecule has 30 heavy (non-hydrogen) atoms. The summed E-state index contributed by atoms with van der Waals surface area (Å²) in [5.74, 6) is 0.961. The van der Waals surface area contributed by atoms with E-state index in [1.165, 1.54) is 17.3 Å². The molecule has 1 N–H and O–H groups in total. The lowest BCUT2D eigenvalue weighted by Gasteiger charge is -2.22. The summed E-state index contributed by atoms with van der Waals surface area (Å²) in [6.07, 6.45) is 6.28. The summed E-state index contributed by atoms with van der Waals surface area (Å²) < 4.78 is 7.14. The predicted octanol–water partition coefficient (Wildman–Crippen LogP) is 3.21. The van der Waals surface area contributed by atoms with Gasteiger partial charge in [-0.3, -0.25) is 9.36 Å². The maximum Gasteiger partial charge on any atom is 0.349 e. The first-order valence-corrected chi connectivity index (χ1v) is 11.3. The Morgan fingerprint density at radius 2 is 1.97 bits per heavy atom. The smallest absolute Gasteiger partial charge is 0.349 e. The number of amides is 1. The van der Waals surface area contributed by atoms with Gasteiger partial charge in [-0.1, -0.05) is 42.1 Å². The summed E-state index contributed by atoms with van der Waals surface area (Å²) in [6.45, 7) is 0.992. The molecular weight excluding hydrogens is 398 g/mol. The van der Waals surface area contributed by atoms with Crippen molar-refractivity contribution in [1.29, 1.82) is 0 Å². The first-order chi connectivity index (χ1) is 14.7. The largest absolute Gasteiger partial charge is 0.467 e. The normalized spacial score (nSPS) is 13.1. The van der Waals surface area contributed by atoms with E-state index in [0.29, 0.717) is 18.1 Å². The summed E-state index contributed by atoms with van der Waals surface area (Å²) in [4.78, 5) is 29.3. The van der Waals surface area contributed by atoms with Crippen molar-refractivity contribution in [2.24, 2.45) is 0 Å². The fourth-order valence-electron chi connectivity index (χ4n) is 3.76. The minimum Gasteiger partial charge on any atom is -0.467 e. The van der Waals surface area contributed by atoms with E-state index in [0.717, 1.165) is 49.1 Å². The summed E-state index contributed by atoms with van der Waals surface area (Å²) in [5, 5.41) is 3.65. The van der Waals surface area contributed by atoms with Gasteiger partial charge in [-0.15, -0.1) is 0 Å². The van der Waals surface area contributed by atoms with Crippen LogP contribution in [0, 0.1) is 0 Å². The maximum atomic E-state index is 12.7. The van der Waals surface area contributed by atoms with Crippen LogP contribution < -0.4 is 11.0 Å². The summed E-state index contributed by atoms with van der Waals surface area (Å²) >= 11 is 1.36. The van der Waals surface area contributed by atoms with E-state index in [1.807, 2.05) is 30.3 Å². The average Bonchev–Trinajstić information content (AvgIpc) is 3.28. The lowest BCUT2D eigenvalue weighted by molar-refractivity contribution is -0.118. The van der Waals surface area contributed by atoms with E-state index in [-0.39, 0.29) is 17.3 Å². The molecule has 0 radical (unpaired) electrons. The summed E-state index contributed by atoms with van der Waals surface area (Å²) in [6, 6.07) is 13.8. The number of nitrogens with zero attached hydrogens (tertiary/aromatic N) is 2. The molecule has 2 aromatic heterocycles. The highest BCUT2D eigenvalue weighted by atomic mass is 32.2. The average molecular weight is 424 g/mol. The predicted molar refractivity (Wildman–Crippen MR) is 117 cm³/mol. The Morgan fingerprint density at radius 1 is 1.13 bits per heavy atom. The number of nitrogens with one attached hydrogen (secondary N) is 1. The molecule has 3 aromatic rings. The molecule has 0 aliphatic heterocycles. The van der Waals surface area contributed by atoms with Crippen LogP contribution in [0.25, 0.3) is 0 Å². The number of carbonyl (C=O) groups excluding carboxylic acids is 1. The molecule has 0 saturated heterocycles. The van der Waals surface area contributed by atoms with Crippen LogP contribution in [0.5, 0.6) is 0 Å². The van der Waals surface area contributed by atoms with Gasteiger partial charge in [0, 0.05) is 17.8 Å². The van der Waals surface area contributed by atoms with Crippen LogP contribution >= 0.6 is 11.8 Å². The third kappa shape index (κ3) is 5.02. The van der Waals surface area contributed by atoms with Crippen LogP contribution in [0.1, 0.15) is 35.4 Å². The highest BCUT2D eigenvalue weighted by molar-refractivity contribution is 7.99. The van der Waals surface area contributed by atoms with Gasteiger partial charge in [-0.05, 0) is 49.8 Å². The number of rotatable bonds is 8. The fourth-order valence-corrected chi connectivity index (χ4v) is 4.67. The van der Waals surface area contributed by atoms with Gasteiger partial charge in [-0.25, -0.2) is 4.79 Å². The SMILES string of the molecule is O=C(CSc1nc(=O)n(Cc2ccco2)c2c1CCCC2)NCCc1ccccc1. The van der Waals surface area contributed by atoms with E-state index in [9.17, 15) is 9.59 Å². The Morgan fingerprint density at radius 3 is 2.77 bits per heavy atom. The second-order valence-corrected chi connectivity index (χ2v) is 8.34. The molecule has 1 aliphatic rings. The van der Waals surface area contributed by atoms with E-state index >= 15 is 0 Å². The zero-order valence-corrected chi connectivity index (χ0v) is 17.6. The minimum atomic E-state index is -0.279. The number of carbonyl (C=O) groups is 1. The van der Waals surface area contributed by atoms with Crippen molar-refractivity contribution in [2.45, 2.75) is 43.7 Å². The van der Waals surface area contributed by atoms with Gasteiger partial charge in [0.25, 0.3) is 0 Å². The van der Waals surface area contributed by atoms with Crippen molar-refractivity contribution in [3.63, 3.8) is 0 Å². The van der Waals surface area contributed by atoms with Crippen molar-refractivity contribution in [3.05, 3.63) is 81.8 Å². The Kier molecular flexibility index (Phi) is 6.69. The minimum absolute atomic E-state index is 0.0398. The van der Waals surface area contributed by atoms with E-state index in [1.54, 1.807) is 10.8 Å². The van der Waals surface area contributed by atoms with Crippen molar-refractivity contribution >= 4 is 17.7 Å². The lowest BCUT2D eigenvalue weighted by atomic mass is 9.97. The third-order valence-electron chi connectivity index (χ3n) is 5.26. The Labute approximate surface area is 179 Å². The number of hydrogen-bond acceptors (Lipinski definition) is 5. The Hall–Kier alpha value is -2.80. The highest BCUT2D eigenvalue weighted by Crippen LogP contribution is 2.28. The third-order valence-corrected chi connectivity index (χ3v) is 6.28. The Bertz CT molecular complexity index is 1050. The standard InChI is InChI=1S/C23H25N3O3S/c27-21(24-13-12-17-7-2-1-3-8-17)16-30-22-19-10-4-5-11-20(19)26(23(28)25-22)15-18-9-6-14-29-18/h1-3,6-9,14H,4-5,10-13,15-16H2,(H,24,27). The zero-order chi connectivity index (χ0) is 20.8. The molecular formula is C23H25N3O3S. The van der Waals surface area contributed by atoms with Crippen molar-refractivity contribution in [3.8, 4) is 0 Å². The molecule has 2 heterocycles. The van der Waals surface area contributed by atoms with Crippen LogP contribution in [-0.2, 0) is 30.6 Å². The molecule has 4 rings (SSSR count). The van der Waals surface area contributed by atoms with E-state index in [4.69, 9.17) is 4.42 Å². The van der Waals surface area contributed by atoms with Crippen LogP contribution in [0.4, 0.5) is 0 Å². The molecule has 0 spiro atoms. The zero-order valence-electron chi connectivity index (χ0n) is 16.8. The molecule has 7 heteroatoms. The first-order valence-electron chi connectivity index (χ1n) is 10.3. The molecule has 1 amide bonds. The van der Waals surface area contributed by atoms with Crippen LogP contribution in [-0.4, -0.2) is 27.8 Å². The number of benzene rings is 1. The first kappa shape index (κ1) is 20.5. The molecule has 0 bridgehead atoms. The van der Waals surface area contributed by atoms with Gasteiger partial charge in [0.2, 0.25) is 5.91 Å². The quantitative estimate of drug-likeness (QED) is 0.445.